The maximum atomic E-state index is 6.01. The predicted octanol–water partition coefficient (Wildman–Crippen LogP) is 2.02. The first-order valence-corrected chi connectivity index (χ1v) is 7.25. The Morgan fingerprint density at radius 3 is 2.79 bits per heavy atom. The number of hydrogen-bond donors (Lipinski definition) is 1. The van der Waals surface area contributed by atoms with Gasteiger partial charge in [0.15, 0.2) is 0 Å². The predicted molar refractivity (Wildman–Crippen MR) is 78.9 cm³/mol. The molecule has 0 aliphatic heterocycles. The molecule has 0 fully saturated rings. The Morgan fingerprint density at radius 1 is 1.47 bits per heavy atom. The average Bonchev–Trinajstić information content (AvgIpc) is 2.90. The summed E-state index contributed by atoms with van der Waals surface area (Å²) < 4.78 is 5.11. The van der Waals surface area contributed by atoms with Crippen LogP contribution in [0.25, 0.3) is 0 Å². The highest BCUT2D eigenvalue weighted by molar-refractivity contribution is 9.10. The van der Waals surface area contributed by atoms with Crippen LogP contribution in [0, 0.1) is 6.92 Å². The van der Waals surface area contributed by atoms with Crippen molar-refractivity contribution in [2.24, 2.45) is 12.8 Å². The lowest BCUT2D eigenvalue weighted by Crippen LogP contribution is -2.24. The third-order valence-electron chi connectivity index (χ3n) is 3.35. The van der Waals surface area contributed by atoms with Crippen molar-refractivity contribution in [1.29, 1.82) is 0 Å². The van der Waals surface area contributed by atoms with Gasteiger partial charge in [0.2, 0.25) is 0 Å². The molecule has 2 rings (SSSR count). The first kappa shape index (κ1) is 14.3. The van der Waals surface area contributed by atoms with E-state index in [1.807, 2.05) is 31.0 Å². The van der Waals surface area contributed by atoms with E-state index in [0.717, 1.165) is 41.1 Å². The van der Waals surface area contributed by atoms with Crippen molar-refractivity contribution in [3.05, 3.63) is 34.1 Å². The highest BCUT2D eigenvalue weighted by atomic mass is 79.9. The Morgan fingerprint density at radius 2 is 2.21 bits per heavy atom. The molecular formula is C13H20BrN5. The van der Waals surface area contributed by atoms with Crippen molar-refractivity contribution in [3.63, 3.8) is 0 Å². The minimum atomic E-state index is 0.165. The van der Waals surface area contributed by atoms with E-state index >= 15 is 0 Å². The van der Waals surface area contributed by atoms with Crippen molar-refractivity contribution in [2.45, 2.75) is 39.3 Å². The van der Waals surface area contributed by atoms with Crippen LogP contribution in [-0.2, 0) is 20.0 Å². The molecule has 19 heavy (non-hydrogen) atoms. The van der Waals surface area contributed by atoms with Gasteiger partial charge < -0.3 is 10.3 Å². The van der Waals surface area contributed by atoms with Crippen LogP contribution in [0.5, 0.6) is 0 Å². The SMILES string of the molecule is CCC(N)Cc1nccn1Cc1c(Br)c(C)nn1C. The van der Waals surface area contributed by atoms with E-state index in [4.69, 9.17) is 5.73 Å². The summed E-state index contributed by atoms with van der Waals surface area (Å²) in [6.07, 6.45) is 5.58. The molecule has 0 amide bonds. The molecule has 2 heterocycles. The summed E-state index contributed by atoms with van der Waals surface area (Å²) in [6.45, 7) is 4.85. The molecule has 5 nitrogen and oxygen atoms in total. The van der Waals surface area contributed by atoms with Crippen LogP contribution >= 0.6 is 15.9 Å². The fourth-order valence-corrected chi connectivity index (χ4v) is 2.53. The molecule has 0 radical (unpaired) electrons. The number of hydrogen-bond acceptors (Lipinski definition) is 3. The normalized spacial score (nSPS) is 12.9. The molecule has 0 aromatic carbocycles. The Bertz CT molecular complexity index is 557. The van der Waals surface area contributed by atoms with Crippen LogP contribution in [0.4, 0.5) is 0 Å². The fraction of sp³-hybridized carbons (Fsp3) is 0.538. The zero-order valence-corrected chi connectivity index (χ0v) is 13.2. The summed E-state index contributed by atoms with van der Waals surface area (Å²) in [4.78, 5) is 4.40. The fourth-order valence-electron chi connectivity index (χ4n) is 2.07. The topological polar surface area (TPSA) is 61.7 Å². The minimum absolute atomic E-state index is 0.165. The molecule has 0 saturated carbocycles. The summed E-state index contributed by atoms with van der Waals surface area (Å²) in [5.74, 6) is 1.03. The Kier molecular flexibility index (Phi) is 4.42. The number of nitrogens with two attached hydrogens (primary N) is 1. The van der Waals surface area contributed by atoms with Gasteiger partial charge in [0.1, 0.15) is 5.82 Å². The van der Waals surface area contributed by atoms with Crippen LogP contribution in [-0.4, -0.2) is 25.4 Å². The quantitative estimate of drug-likeness (QED) is 0.914. The molecule has 2 aromatic heterocycles. The Hall–Kier alpha value is -1.14. The lowest BCUT2D eigenvalue weighted by atomic mass is 10.1. The van der Waals surface area contributed by atoms with E-state index in [-0.39, 0.29) is 6.04 Å². The number of rotatable bonds is 5. The van der Waals surface area contributed by atoms with Gasteiger partial charge in [-0.25, -0.2) is 4.98 Å². The van der Waals surface area contributed by atoms with Gasteiger partial charge in [-0.05, 0) is 29.3 Å². The van der Waals surface area contributed by atoms with E-state index in [2.05, 4.69) is 37.5 Å². The molecule has 0 spiro atoms. The zero-order valence-electron chi connectivity index (χ0n) is 11.6. The molecule has 1 unspecified atom stereocenters. The van der Waals surface area contributed by atoms with Crippen LogP contribution in [0.15, 0.2) is 16.9 Å². The minimum Gasteiger partial charge on any atom is -0.329 e. The average molecular weight is 326 g/mol. The lowest BCUT2D eigenvalue weighted by Gasteiger charge is -2.12. The number of imidazole rings is 1. The van der Waals surface area contributed by atoms with E-state index < -0.39 is 0 Å². The second kappa shape index (κ2) is 5.88. The van der Waals surface area contributed by atoms with Gasteiger partial charge >= 0.3 is 0 Å². The lowest BCUT2D eigenvalue weighted by molar-refractivity contribution is 0.584. The van der Waals surface area contributed by atoms with Gasteiger partial charge in [-0.15, -0.1) is 0 Å². The van der Waals surface area contributed by atoms with Gasteiger partial charge in [0.05, 0.1) is 22.4 Å². The molecule has 0 bridgehead atoms. The highest BCUT2D eigenvalue weighted by Crippen LogP contribution is 2.21. The van der Waals surface area contributed by atoms with Crippen molar-refractivity contribution < 1.29 is 0 Å². The monoisotopic (exact) mass is 325 g/mol. The van der Waals surface area contributed by atoms with Crippen molar-refractivity contribution in [1.82, 2.24) is 19.3 Å². The maximum absolute atomic E-state index is 6.01. The van der Waals surface area contributed by atoms with Crippen molar-refractivity contribution in [2.75, 3.05) is 0 Å². The van der Waals surface area contributed by atoms with Crippen LogP contribution in [0.1, 0.15) is 30.6 Å². The van der Waals surface area contributed by atoms with E-state index in [9.17, 15) is 0 Å². The van der Waals surface area contributed by atoms with Gasteiger partial charge in [-0.3, -0.25) is 4.68 Å². The third-order valence-corrected chi connectivity index (χ3v) is 4.38. The molecule has 0 aliphatic rings. The molecule has 0 saturated heterocycles. The highest BCUT2D eigenvalue weighted by Gasteiger charge is 2.14. The standard InChI is InChI=1S/C13H20BrN5/c1-4-10(15)7-12-16-5-6-19(12)8-11-13(14)9(2)17-18(11)3/h5-6,10H,4,7-8,15H2,1-3H3. The molecule has 1 atom stereocenters. The first-order valence-electron chi connectivity index (χ1n) is 6.46. The van der Waals surface area contributed by atoms with E-state index in [1.165, 1.54) is 0 Å². The van der Waals surface area contributed by atoms with E-state index in [1.54, 1.807) is 0 Å². The summed E-state index contributed by atoms with van der Waals surface area (Å²) in [5, 5.41) is 4.41. The van der Waals surface area contributed by atoms with Gasteiger partial charge in [-0.1, -0.05) is 6.92 Å². The molecule has 104 valence electrons. The molecular weight excluding hydrogens is 306 g/mol. The first-order chi connectivity index (χ1) is 9.02. The number of aromatic nitrogens is 4. The van der Waals surface area contributed by atoms with Crippen molar-refractivity contribution in [3.8, 4) is 0 Å². The smallest absolute Gasteiger partial charge is 0.110 e. The molecule has 2 N–H and O–H groups in total. The molecule has 2 aromatic rings. The number of halogens is 1. The summed E-state index contributed by atoms with van der Waals surface area (Å²) in [5.41, 5.74) is 8.15. The van der Waals surface area contributed by atoms with Crippen LogP contribution in [0.3, 0.4) is 0 Å². The number of aryl methyl sites for hydroxylation is 2. The summed E-state index contributed by atoms with van der Waals surface area (Å²) in [7, 11) is 1.96. The zero-order chi connectivity index (χ0) is 14.0. The summed E-state index contributed by atoms with van der Waals surface area (Å²) in [6, 6.07) is 0.165. The van der Waals surface area contributed by atoms with Crippen molar-refractivity contribution >= 4 is 15.9 Å². The molecule has 0 aliphatic carbocycles. The van der Waals surface area contributed by atoms with Gasteiger partial charge in [-0.2, -0.15) is 5.10 Å². The largest absolute Gasteiger partial charge is 0.329 e. The Labute approximate surface area is 121 Å². The van der Waals surface area contributed by atoms with Gasteiger partial charge in [0.25, 0.3) is 0 Å². The van der Waals surface area contributed by atoms with Gasteiger partial charge in [0, 0.05) is 31.9 Å². The third kappa shape index (κ3) is 3.06. The van der Waals surface area contributed by atoms with E-state index in [0.29, 0.717) is 0 Å². The van der Waals surface area contributed by atoms with Crippen LogP contribution < -0.4 is 5.73 Å². The maximum Gasteiger partial charge on any atom is 0.110 e. The number of nitrogens with zero attached hydrogens (tertiary/aromatic N) is 4. The summed E-state index contributed by atoms with van der Waals surface area (Å²) >= 11 is 3.59. The Balaban J connectivity index is 2.22. The molecule has 6 heteroatoms. The van der Waals surface area contributed by atoms with Crippen LogP contribution in [0.2, 0.25) is 0 Å². The second-order valence-electron chi connectivity index (χ2n) is 4.81. The second-order valence-corrected chi connectivity index (χ2v) is 5.61.